The summed E-state index contributed by atoms with van der Waals surface area (Å²) in [4.78, 5) is 11.9. The van der Waals surface area contributed by atoms with Gasteiger partial charge in [0.2, 0.25) is 0 Å². The molecule has 0 saturated heterocycles. The Hall–Kier alpha value is -1.29. The number of aromatic nitrogens is 1. The van der Waals surface area contributed by atoms with Gasteiger partial charge in [-0.15, -0.1) is 0 Å². The van der Waals surface area contributed by atoms with Crippen LogP contribution in [-0.4, -0.2) is 16.6 Å². The van der Waals surface area contributed by atoms with Gasteiger partial charge >= 0.3 is 5.97 Å². The first-order chi connectivity index (χ1) is 8.49. The highest BCUT2D eigenvalue weighted by atomic mass is 79.9. The molecule has 3 nitrogen and oxygen atoms in total. The van der Waals surface area contributed by atoms with Crippen molar-refractivity contribution in [2.75, 3.05) is 0 Å². The summed E-state index contributed by atoms with van der Waals surface area (Å²) in [6.45, 7) is 5.57. The average molecular weight is 310 g/mol. The largest absolute Gasteiger partial charge is 0.461 e. The molecule has 1 unspecified atom stereocenters. The third kappa shape index (κ3) is 2.58. The van der Waals surface area contributed by atoms with Gasteiger partial charge in [-0.3, -0.25) is 0 Å². The fourth-order valence-corrected chi connectivity index (χ4v) is 2.30. The van der Waals surface area contributed by atoms with Gasteiger partial charge in [0, 0.05) is 21.6 Å². The summed E-state index contributed by atoms with van der Waals surface area (Å²) in [5, 5.41) is 1.11. The van der Waals surface area contributed by atoms with E-state index in [4.69, 9.17) is 4.74 Å². The van der Waals surface area contributed by atoms with Crippen molar-refractivity contribution in [3.05, 3.63) is 34.9 Å². The van der Waals surface area contributed by atoms with E-state index < -0.39 is 0 Å². The zero-order chi connectivity index (χ0) is 13.3. The number of ether oxygens (including phenoxy) is 1. The van der Waals surface area contributed by atoms with E-state index in [-0.39, 0.29) is 18.1 Å². The number of fused-ring (bicyclic) bond motifs is 1. The Labute approximate surface area is 115 Å². The Morgan fingerprint density at radius 3 is 2.67 bits per heavy atom. The second kappa shape index (κ2) is 5.14. The van der Waals surface area contributed by atoms with Crippen LogP contribution >= 0.6 is 15.9 Å². The Bertz CT molecular complexity index is 574. The fourth-order valence-electron chi connectivity index (χ4n) is 1.92. The molecule has 1 aromatic heterocycles. The van der Waals surface area contributed by atoms with Crippen LogP contribution in [0.3, 0.4) is 0 Å². The normalized spacial score (nSPS) is 12.9. The van der Waals surface area contributed by atoms with Crippen LogP contribution in [0, 0.1) is 0 Å². The molecule has 1 atom stereocenters. The van der Waals surface area contributed by atoms with Crippen LogP contribution in [0.1, 0.15) is 26.8 Å². The Kier molecular flexibility index (Phi) is 3.76. The zero-order valence-electron chi connectivity index (χ0n) is 10.7. The Balaban J connectivity index is 2.33. The van der Waals surface area contributed by atoms with Gasteiger partial charge in [0.1, 0.15) is 6.04 Å². The lowest BCUT2D eigenvalue weighted by Gasteiger charge is -2.16. The van der Waals surface area contributed by atoms with Gasteiger partial charge in [-0.2, -0.15) is 0 Å². The quantitative estimate of drug-likeness (QED) is 0.805. The molecular formula is C14H16BrNO2. The van der Waals surface area contributed by atoms with Crippen molar-refractivity contribution in [2.45, 2.75) is 32.9 Å². The molecule has 18 heavy (non-hydrogen) atoms. The summed E-state index contributed by atoms with van der Waals surface area (Å²) in [6, 6.07) is 7.69. The third-order valence-corrected chi connectivity index (χ3v) is 3.29. The van der Waals surface area contributed by atoms with Crippen LogP contribution in [0.25, 0.3) is 10.9 Å². The maximum atomic E-state index is 11.9. The molecule has 2 aromatic rings. The summed E-state index contributed by atoms with van der Waals surface area (Å²) < 4.78 is 8.21. The van der Waals surface area contributed by atoms with E-state index in [1.807, 2.05) is 55.8 Å². The van der Waals surface area contributed by atoms with E-state index in [0.717, 1.165) is 15.4 Å². The van der Waals surface area contributed by atoms with Crippen LogP contribution in [0.15, 0.2) is 34.9 Å². The Morgan fingerprint density at radius 2 is 2.00 bits per heavy atom. The lowest BCUT2D eigenvalue weighted by molar-refractivity contribution is -0.150. The molecule has 0 radical (unpaired) electrons. The number of hydrogen-bond acceptors (Lipinski definition) is 2. The highest BCUT2D eigenvalue weighted by Gasteiger charge is 2.18. The second-order valence-electron chi connectivity index (χ2n) is 4.59. The van der Waals surface area contributed by atoms with E-state index >= 15 is 0 Å². The number of benzene rings is 1. The summed E-state index contributed by atoms with van der Waals surface area (Å²) in [6.07, 6.45) is 1.83. The van der Waals surface area contributed by atoms with Crippen LogP contribution < -0.4 is 0 Å². The lowest BCUT2D eigenvalue weighted by atomic mass is 10.2. The third-order valence-electron chi connectivity index (χ3n) is 2.79. The molecule has 0 aliphatic heterocycles. The molecule has 0 aliphatic carbocycles. The van der Waals surface area contributed by atoms with E-state index in [1.165, 1.54) is 0 Å². The summed E-state index contributed by atoms with van der Waals surface area (Å²) in [7, 11) is 0. The lowest BCUT2D eigenvalue weighted by Crippen LogP contribution is -2.21. The van der Waals surface area contributed by atoms with Crippen molar-refractivity contribution in [3.63, 3.8) is 0 Å². The van der Waals surface area contributed by atoms with Crippen molar-refractivity contribution in [2.24, 2.45) is 0 Å². The van der Waals surface area contributed by atoms with Gasteiger partial charge in [-0.25, -0.2) is 4.79 Å². The first-order valence-corrected chi connectivity index (χ1v) is 6.75. The highest BCUT2D eigenvalue weighted by molar-refractivity contribution is 9.10. The van der Waals surface area contributed by atoms with Gasteiger partial charge in [0.05, 0.1) is 6.10 Å². The Morgan fingerprint density at radius 1 is 1.28 bits per heavy atom. The van der Waals surface area contributed by atoms with Crippen molar-refractivity contribution < 1.29 is 9.53 Å². The van der Waals surface area contributed by atoms with Crippen molar-refractivity contribution in [1.82, 2.24) is 4.57 Å². The van der Waals surface area contributed by atoms with Crippen molar-refractivity contribution in [1.29, 1.82) is 0 Å². The number of carbonyl (C=O) groups excluding carboxylic acids is 1. The maximum absolute atomic E-state index is 11.9. The molecule has 0 spiro atoms. The fraction of sp³-hybridized carbons (Fsp3) is 0.357. The predicted octanol–water partition coefficient (Wildman–Crippen LogP) is 3.92. The average Bonchev–Trinajstić information content (AvgIpc) is 2.69. The molecule has 0 aliphatic rings. The number of rotatable bonds is 3. The van der Waals surface area contributed by atoms with Gasteiger partial charge < -0.3 is 9.30 Å². The molecule has 4 heteroatoms. The van der Waals surface area contributed by atoms with Crippen LogP contribution in [-0.2, 0) is 9.53 Å². The van der Waals surface area contributed by atoms with Crippen LogP contribution in [0.2, 0.25) is 0 Å². The molecule has 1 heterocycles. The molecule has 0 N–H and O–H groups in total. The van der Waals surface area contributed by atoms with E-state index in [2.05, 4.69) is 15.9 Å². The minimum Gasteiger partial charge on any atom is -0.461 e. The van der Waals surface area contributed by atoms with Crippen LogP contribution in [0.5, 0.6) is 0 Å². The molecule has 0 fully saturated rings. The van der Waals surface area contributed by atoms with E-state index in [0.29, 0.717) is 0 Å². The first kappa shape index (κ1) is 13.1. The van der Waals surface area contributed by atoms with Gasteiger partial charge in [-0.1, -0.05) is 15.9 Å². The number of carbonyl (C=O) groups is 1. The highest BCUT2D eigenvalue weighted by Crippen LogP contribution is 2.24. The standard InChI is InChI=1S/C14H16BrNO2/c1-9(2)18-14(17)10(3)16-7-6-11-8-12(15)4-5-13(11)16/h4-10H,1-3H3. The first-order valence-electron chi connectivity index (χ1n) is 5.95. The maximum Gasteiger partial charge on any atom is 0.329 e. The minimum absolute atomic E-state index is 0.0871. The molecule has 0 amide bonds. The van der Waals surface area contributed by atoms with Crippen molar-refractivity contribution >= 4 is 32.8 Å². The molecule has 1 aromatic carbocycles. The monoisotopic (exact) mass is 309 g/mol. The van der Waals surface area contributed by atoms with E-state index in [9.17, 15) is 4.79 Å². The zero-order valence-corrected chi connectivity index (χ0v) is 12.3. The van der Waals surface area contributed by atoms with Gasteiger partial charge in [0.15, 0.2) is 0 Å². The molecule has 2 rings (SSSR count). The summed E-state index contributed by atoms with van der Waals surface area (Å²) in [5.41, 5.74) is 1.03. The summed E-state index contributed by atoms with van der Waals surface area (Å²) >= 11 is 3.44. The van der Waals surface area contributed by atoms with Crippen molar-refractivity contribution in [3.8, 4) is 0 Å². The van der Waals surface area contributed by atoms with Gasteiger partial charge in [0.25, 0.3) is 0 Å². The SMILES string of the molecule is CC(C)OC(=O)C(C)n1ccc2cc(Br)ccc21. The molecule has 0 saturated carbocycles. The van der Waals surface area contributed by atoms with E-state index in [1.54, 1.807) is 0 Å². The second-order valence-corrected chi connectivity index (χ2v) is 5.50. The molecular weight excluding hydrogens is 294 g/mol. The number of nitrogens with zero attached hydrogens (tertiary/aromatic N) is 1. The topological polar surface area (TPSA) is 31.2 Å². The molecule has 96 valence electrons. The molecule has 0 bridgehead atoms. The summed E-state index contributed by atoms with van der Waals surface area (Å²) in [5.74, 6) is -0.203. The van der Waals surface area contributed by atoms with Crippen LogP contribution in [0.4, 0.5) is 0 Å². The predicted molar refractivity (Wildman–Crippen MR) is 75.6 cm³/mol. The smallest absolute Gasteiger partial charge is 0.329 e. The number of hydrogen-bond donors (Lipinski definition) is 0. The minimum atomic E-state index is -0.314. The van der Waals surface area contributed by atoms with Gasteiger partial charge in [-0.05, 0) is 45.0 Å². The number of halogens is 1. The number of esters is 1.